The molecule has 29 heavy (non-hydrogen) atoms. The lowest BCUT2D eigenvalue weighted by Crippen LogP contribution is -2.44. The van der Waals surface area contributed by atoms with Crippen molar-refractivity contribution in [3.8, 4) is 11.8 Å². The van der Waals surface area contributed by atoms with Gasteiger partial charge in [0, 0.05) is 17.2 Å². The zero-order valence-corrected chi connectivity index (χ0v) is 16.1. The number of aromatic nitrogens is 3. The Bertz CT molecular complexity index is 1010. The molecule has 3 rings (SSSR count). The van der Waals surface area contributed by atoms with Crippen LogP contribution in [-0.4, -0.2) is 32.6 Å². The summed E-state index contributed by atoms with van der Waals surface area (Å²) in [6.07, 6.45) is 1.84. The molecule has 0 unspecified atom stereocenters. The van der Waals surface area contributed by atoms with Gasteiger partial charge in [0.05, 0.1) is 12.6 Å². The Hall–Kier alpha value is -3.08. The minimum Gasteiger partial charge on any atom is -0.380 e. The molecule has 1 aromatic heterocycles. The maximum absolute atomic E-state index is 14.4. The molecule has 0 amide bonds. The molecule has 0 saturated heterocycles. The van der Waals surface area contributed by atoms with Crippen LogP contribution in [0.5, 0.6) is 0 Å². The van der Waals surface area contributed by atoms with Crippen LogP contribution in [0.2, 0.25) is 0 Å². The largest absolute Gasteiger partial charge is 0.380 e. The number of nitrogens with zero attached hydrogens (tertiary/aromatic N) is 3. The van der Waals surface area contributed by atoms with Gasteiger partial charge >= 0.3 is 0 Å². The molecule has 0 aliphatic heterocycles. The van der Waals surface area contributed by atoms with E-state index in [1.165, 1.54) is 23.4 Å². The molecule has 0 radical (unpaired) electrons. The third kappa shape index (κ3) is 5.05. The van der Waals surface area contributed by atoms with E-state index in [1.807, 2.05) is 31.2 Å². The Morgan fingerprint density at radius 3 is 2.62 bits per heavy atom. The molecule has 1 N–H and O–H groups in total. The van der Waals surface area contributed by atoms with Crippen LogP contribution < -0.4 is 0 Å². The van der Waals surface area contributed by atoms with Crippen LogP contribution in [0.1, 0.15) is 23.6 Å². The number of rotatable bonds is 6. The van der Waals surface area contributed by atoms with Gasteiger partial charge in [-0.25, -0.2) is 18.4 Å². The maximum Gasteiger partial charge on any atom is 0.138 e. The zero-order valence-electron chi connectivity index (χ0n) is 16.1. The topological polar surface area (TPSA) is 60.2 Å². The Labute approximate surface area is 168 Å². The van der Waals surface area contributed by atoms with Gasteiger partial charge in [-0.1, -0.05) is 35.6 Å². The molecule has 1 heterocycles. The van der Waals surface area contributed by atoms with E-state index in [9.17, 15) is 13.9 Å². The molecular weight excluding hydrogens is 376 g/mol. The van der Waals surface area contributed by atoms with Crippen molar-refractivity contribution in [2.75, 3.05) is 6.61 Å². The molecule has 0 spiro atoms. The highest BCUT2D eigenvalue weighted by Crippen LogP contribution is 2.31. The van der Waals surface area contributed by atoms with Gasteiger partial charge in [0.2, 0.25) is 0 Å². The first kappa shape index (κ1) is 20.6. The second-order valence-electron chi connectivity index (χ2n) is 6.76. The zero-order chi connectivity index (χ0) is 20.9. The van der Waals surface area contributed by atoms with Crippen molar-refractivity contribution in [3.05, 3.63) is 83.4 Å². The first-order valence-corrected chi connectivity index (χ1v) is 9.06. The molecule has 0 aliphatic carbocycles. The summed E-state index contributed by atoms with van der Waals surface area (Å²) >= 11 is 0. The Morgan fingerprint density at radius 1 is 1.21 bits per heavy atom. The predicted molar refractivity (Wildman–Crippen MR) is 104 cm³/mol. The Kier molecular flexibility index (Phi) is 6.37. The summed E-state index contributed by atoms with van der Waals surface area (Å²) in [6, 6.07) is 10.8. The summed E-state index contributed by atoms with van der Waals surface area (Å²) in [4.78, 5) is 3.83. The number of halogens is 2. The summed E-state index contributed by atoms with van der Waals surface area (Å²) in [7, 11) is 0. The molecule has 2 atom stereocenters. The van der Waals surface area contributed by atoms with Crippen molar-refractivity contribution >= 4 is 0 Å². The summed E-state index contributed by atoms with van der Waals surface area (Å²) < 4.78 is 34.9. The van der Waals surface area contributed by atoms with Crippen LogP contribution in [0, 0.1) is 30.4 Å². The number of aryl methyl sites for hydroxylation is 1. The average Bonchev–Trinajstić information content (AvgIpc) is 3.19. The molecule has 0 aliphatic rings. The molecule has 150 valence electrons. The standard InChI is InChI=1S/C22H21F2N3O2/c1-16-5-7-18(8-6-16)4-3-11-29-17(2)22(28,13-27-15-25-14-26-27)20-10-9-19(23)12-21(20)24/h5-10,12,14-15,17,28H,11,13H2,1-2H3/t17-,22-/m1/s1. The van der Waals surface area contributed by atoms with E-state index < -0.39 is 23.3 Å². The Morgan fingerprint density at radius 2 is 1.97 bits per heavy atom. The van der Waals surface area contributed by atoms with E-state index in [2.05, 4.69) is 21.9 Å². The van der Waals surface area contributed by atoms with Gasteiger partial charge in [-0.15, -0.1) is 0 Å². The highest BCUT2D eigenvalue weighted by Gasteiger charge is 2.40. The van der Waals surface area contributed by atoms with Crippen LogP contribution in [-0.2, 0) is 16.9 Å². The van der Waals surface area contributed by atoms with E-state index in [-0.39, 0.29) is 18.7 Å². The van der Waals surface area contributed by atoms with Crippen molar-refractivity contribution in [2.24, 2.45) is 0 Å². The van der Waals surface area contributed by atoms with E-state index in [1.54, 1.807) is 6.92 Å². The van der Waals surface area contributed by atoms with Gasteiger partial charge in [-0.05, 0) is 32.0 Å². The van der Waals surface area contributed by atoms with E-state index >= 15 is 0 Å². The minimum atomic E-state index is -1.81. The first-order chi connectivity index (χ1) is 13.9. The average molecular weight is 397 g/mol. The van der Waals surface area contributed by atoms with E-state index in [0.29, 0.717) is 0 Å². The van der Waals surface area contributed by atoms with Gasteiger partial charge in [0.1, 0.15) is 36.5 Å². The number of benzene rings is 2. The van der Waals surface area contributed by atoms with Gasteiger partial charge in [-0.2, -0.15) is 5.10 Å². The second-order valence-corrected chi connectivity index (χ2v) is 6.76. The highest BCUT2D eigenvalue weighted by atomic mass is 19.1. The summed E-state index contributed by atoms with van der Waals surface area (Å²) in [6.45, 7) is 3.50. The van der Waals surface area contributed by atoms with Crippen LogP contribution in [0.3, 0.4) is 0 Å². The summed E-state index contributed by atoms with van der Waals surface area (Å²) in [5.41, 5.74) is 0.0828. The predicted octanol–water partition coefficient (Wildman–Crippen LogP) is 3.21. The number of ether oxygens (including phenoxy) is 1. The summed E-state index contributed by atoms with van der Waals surface area (Å²) in [5, 5.41) is 15.3. The lowest BCUT2D eigenvalue weighted by molar-refractivity contribution is -0.111. The molecule has 7 heteroatoms. The lowest BCUT2D eigenvalue weighted by atomic mass is 9.88. The van der Waals surface area contributed by atoms with Crippen molar-refractivity contribution in [2.45, 2.75) is 32.1 Å². The van der Waals surface area contributed by atoms with Gasteiger partial charge in [-0.3, -0.25) is 0 Å². The third-order valence-corrected chi connectivity index (χ3v) is 4.63. The van der Waals surface area contributed by atoms with Gasteiger partial charge in [0.25, 0.3) is 0 Å². The first-order valence-electron chi connectivity index (χ1n) is 9.06. The fraction of sp³-hybridized carbons (Fsp3) is 0.273. The van der Waals surface area contributed by atoms with Crippen molar-refractivity contribution < 1.29 is 18.6 Å². The van der Waals surface area contributed by atoms with Crippen molar-refractivity contribution in [1.29, 1.82) is 0 Å². The Balaban J connectivity index is 1.79. The monoisotopic (exact) mass is 397 g/mol. The molecule has 0 bridgehead atoms. The molecule has 0 saturated carbocycles. The van der Waals surface area contributed by atoms with Crippen LogP contribution in [0.15, 0.2) is 55.1 Å². The number of aliphatic hydroxyl groups is 1. The minimum absolute atomic E-state index is 0.0253. The van der Waals surface area contributed by atoms with Gasteiger partial charge < -0.3 is 9.84 Å². The normalized spacial score (nSPS) is 14.0. The molecule has 2 aromatic carbocycles. The maximum atomic E-state index is 14.4. The van der Waals surface area contributed by atoms with Crippen molar-refractivity contribution in [3.63, 3.8) is 0 Å². The smallest absolute Gasteiger partial charge is 0.138 e. The van der Waals surface area contributed by atoms with Crippen LogP contribution in [0.25, 0.3) is 0 Å². The van der Waals surface area contributed by atoms with Crippen LogP contribution in [0.4, 0.5) is 8.78 Å². The lowest BCUT2D eigenvalue weighted by Gasteiger charge is -2.34. The fourth-order valence-corrected chi connectivity index (χ4v) is 2.91. The molecule has 3 aromatic rings. The van der Waals surface area contributed by atoms with E-state index in [4.69, 9.17) is 4.74 Å². The number of hydrogen-bond donors (Lipinski definition) is 1. The SMILES string of the molecule is Cc1ccc(C#CCO[C@H](C)[C@](O)(Cn2cncn2)c2ccc(F)cc2F)cc1. The second kappa shape index (κ2) is 8.95. The quantitative estimate of drug-likeness (QED) is 0.649. The van der Waals surface area contributed by atoms with Crippen LogP contribution >= 0.6 is 0 Å². The molecular formula is C22H21F2N3O2. The molecule has 5 nitrogen and oxygen atoms in total. The van der Waals surface area contributed by atoms with Crippen molar-refractivity contribution in [1.82, 2.24) is 14.8 Å². The fourth-order valence-electron chi connectivity index (χ4n) is 2.91. The summed E-state index contributed by atoms with van der Waals surface area (Å²) in [5.74, 6) is 4.26. The number of hydrogen-bond acceptors (Lipinski definition) is 4. The highest BCUT2D eigenvalue weighted by molar-refractivity contribution is 5.35. The van der Waals surface area contributed by atoms with E-state index in [0.717, 1.165) is 23.3 Å². The van der Waals surface area contributed by atoms with Gasteiger partial charge in [0.15, 0.2) is 0 Å². The molecule has 0 fully saturated rings. The third-order valence-electron chi connectivity index (χ3n) is 4.63.